The molecule has 9 atom stereocenters. The highest BCUT2D eigenvalue weighted by atomic mass is 16.7. The van der Waals surface area contributed by atoms with E-state index in [1.165, 1.54) is 6.92 Å². The number of hydrogen-bond donors (Lipinski definition) is 7. The zero-order valence-corrected chi connectivity index (χ0v) is 12.9. The third-order valence-corrected chi connectivity index (χ3v) is 3.99. The van der Waals surface area contributed by atoms with Crippen molar-refractivity contribution in [2.24, 2.45) is 0 Å². The normalized spacial score (nSPS) is 46.5. The quantitative estimate of drug-likeness (QED) is 0.260. The fraction of sp³-hybridized carbons (Fsp3) is 0.923. The lowest BCUT2D eigenvalue weighted by Crippen LogP contribution is -2.66. The Morgan fingerprint density at radius 1 is 1.17 bits per heavy atom. The molecule has 0 aromatic carbocycles. The topological polar surface area (TPSA) is 178 Å². The Hall–Kier alpha value is -0.890. The number of nitrogens with one attached hydrogen (secondary N) is 1. The van der Waals surface area contributed by atoms with Crippen LogP contribution in [0.1, 0.15) is 6.92 Å². The molecule has 2 aliphatic heterocycles. The lowest BCUT2D eigenvalue weighted by Gasteiger charge is -2.45. The van der Waals surface area contributed by atoms with Crippen LogP contribution in [0.2, 0.25) is 0 Å². The molecule has 2 fully saturated rings. The van der Waals surface area contributed by atoms with Crippen LogP contribution in [0, 0.1) is 0 Å². The highest BCUT2D eigenvalue weighted by Crippen LogP contribution is 2.26. The van der Waals surface area contributed by atoms with E-state index in [9.17, 15) is 35.4 Å². The Morgan fingerprint density at radius 3 is 2.42 bits per heavy atom. The SMILES string of the molecule is CC(=O)N[C@@H]1[C@@H](O)[C@H](O[C@@H]2OC[C@H](O)[C@H](O)[C@H]2O)[C@@H](CO)O[C@H]1O. The van der Waals surface area contributed by atoms with Crippen LogP contribution in [0.5, 0.6) is 0 Å². The zero-order chi connectivity index (χ0) is 18.0. The number of carbonyl (C=O) groups excluding carboxylic acids is 1. The number of ether oxygens (including phenoxy) is 3. The number of aliphatic hydroxyl groups is 6. The minimum atomic E-state index is -1.61. The average Bonchev–Trinajstić information content (AvgIpc) is 2.53. The van der Waals surface area contributed by atoms with Crippen molar-refractivity contribution in [2.75, 3.05) is 13.2 Å². The van der Waals surface area contributed by atoms with E-state index >= 15 is 0 Å². The molecule has 0 radical (unpaired) electrons. The molecule has 0 bridgehead atoms. The maximum Gasteiger partial charge on any atom is 0.217 e. The van der Waals surface area contributed by atoms with Gasteiger partial charge in [-0.3, -0.25) is 4.79 Å². The van der Waals surface area contributed by atoms with Crippen molar-refractivity contribution in [3.05, 3.63) is 0 Å². The molecule has 11 nitrogen and oxygen atoms in total. The summed E-state index contributed by atoms with van der Waals surface area (Å²) in [6.07, 6.45) is -11.3. The van der Waals surface area contributed by atoms with Gasteiger partial charge < -0.3 is 50.2 Å². The lowest BCUT2D eigenvalue weighted by molar-refractivity contribution is -0.329. The van der Waals surface area contributed by atoms with Crippen molar-refractivity contribution in [1.29, 1.82) is 0 Å². The van der Waals surface area contributed by atoms with Crippen LogP contribution in [0.25, 0.3) is 0 Å². The molecule has 2 aliphatic rings. The molecule has 7 N–H and O–H groups in total. The van der Waals surface area contributed by atoms with Crippen LogP contribution in [-0.2, 0) is 19.0 Å². The molecule has 140 valence electrons. The van der Waals surface area contributed by atoms with Crippen molar-refractivity contribution in [3.8, 4) is 0 Å². The molecular weight excluding hydrogens is 330 g/mol. The van der Waals surface area contributed by atoms with Gasteiger partial charge in [0.2, 0.25) is 5.91 Å². The van der Waals surface area contributed by atoms with Gasteiger partial charge in [-0.1, -0.05) is 0 Å². The van der Waals surface area contributed by atoms with Gasteiger partial charge in [0.15, 0.2) is 12.6 Å². The van der Waals surface area contributed by atoms with Crippen molar-refractivity contribution in [3.63, 3.8) is 0 Å². The van der Waals surface area contributed by atoms with Crippen molar-refractivity contribution >= 4 is 5.91 Å². The molecule has 0 aromatic heterocycles. The van der Waals surface area contributed by atoms with Gasteiger partial charge in [0.25, 0.3) is 0 Å². The van der Waals surface area contributed by atoms with E-state index in [-0.39, 0.29) is 6.61 Å². The highest BCUT2D eigenvalue weighted by Gasteiger charge is 2.48. The van der Waals surface area contributed by atoms with Gasteiger partial charge in [-0.25, -0.2) is 0 Å². The van der Waals surface area contributed by atoms with Crippen LogP contribution >= 0.6 is 0 Å². The van der Waals surface area contributed by atoms with Gasteiger partial charge in [-0.05, 0) is 0 Å². The lowest BCUT2D eigenvalue weighted by atomic mass is 9.96. The van der Waals surface area contributed by atoms with Crippen molar-refractivity contribution < 1.29 is 49.6 Å². The van der Waals surface area contributed by atoms with Gasteiger partial charge in [-0.2, -0.15) is 0 Å². The van der Waals surface area contributed by atoms with Crippen LogP contribution in [-0.4, -0.2) is 105 Å². The predicted molar refractivity (Wildman–Crippen MR) is 74.2 cm³/mol. The average molecular weight is 353 g/mol. The minimum absolute atomic E-state index is 0.311. The van der Waals surface area contributed by atoms with Crippen molar-refractivity contribution in [1.82, 2.24) is 5.32 Å². The summed E-state index contributed by atoms with van der Waals surface area (Å²) in [5.41, 5.74) is 0. The minimum Gasteiger partial charge on any atom is -0.394 e. The Balaban J connectivity index is 2.11. The van der Waals surface area contributed by atoms with E-state index in [0.717, 1.165) is 0 Å². The zero-order valence-electron chi connectivity index (χ0n) is 12.9. The highest BCUT2D eigenvalue weighted by molar-refractivity contribution is 5.73. The van der Waals surface area contributed by atoms with Gasteiger partial charge in [-0.15, -0.1) is 0 Å². The van der Waals surface area contributed by atoms with Crippen LogP contribution in [0.3, 0.4) is 0 Å². The molecule has 2 heterocycles. The second-order valence-electron chi connectivity index (χ2n) is 5.82. The number of aliphatic hydroxyl groups excluding tert-OH is 6. The molecule has 0 spiro atoms. The molecule has 2 rings (SSSR count). The summed E-state index contributed by atoms with van der Waals surface area (Å²) in [5, 5.41) is 60.8. The number of hydrogen-bond acceptors (Lipinski definition) is 10. The predicted octanol–water partition coefficient (Wildman–Crippen LogP) is -4.61. The molecule has 11 heteroatoms. The number of rotatable bonds is 4. The summed E-state index contributed by atoms with van der Waals surface area (Å²) in [6.45, 7) is 0.243. The van der Waals surface area contributed by atoms with E-state index < -0.39 is 67.8 Å². The Bertz CT molecular complexity index is 437. The first kappa shape index (κ1) is 19.4. The Kier molecular flexibility index (Phi) is 6.47. The molecule has 24 heavy (non-hydrogen) atoms. The Labute approximate surface area is 137 Å². The fourth-order valence-corrected chi connectivity index (χ4v) is 2.69. The monoisotopic (exact) mass is 353 g/mol. The van der Waals surface area contributed by atoms with E-state index in [0.29, 0.717) is 0 Å². The molecule has 1 amide bonds. The van der Waals surface area contributed by atoms with Crippen LogP contribution < -0.4 is 5.32 Å². The summed E-state index contributed by atoms with van der Waals surface area (Å²) >= 11 is 0. The largest absolute Gasteiger partial charge is 0.394 e. The first-order chi connectivity index (χ1) is 11.3. The molecule has 0 aliphatic carbocycles. The molecular formula is C13H23NO10. The Morgan fingerprint density at radius 2 is 1.83 bits per heavy atom. The maximum atomic E-state index is 11.2. The fourth-order valence-electron chi connectivity index (χ4n) is 2.69. The van der Waals surface area contributed by atoms with Crippen LogP contribution in [0.15, 0.2) is 0 Å². The van der Waals surface area contributed by atoms with Crippen molar-refractivity contribution in [2.45, 2.75) is 62.2 Å². The molecule has 0 unspecified atom stereocenters. The summed E-state index contributed by atoms with van der Waals surface area (Å²) in [6, 6.07) is -1.23. The third-order valence-electron chi connectivity index (χ3n) is 3.99. The van der Waals surface area contributed by atoms with Gasteiger partial charge in [0.05, 0.1) is 13.2 Å². The second-order valence-corrected chi connectivity index (χ2v) is 5.82. The summed E-state index contributed by atoms with van der Waals surface area (Å²) in [7, 11) is 0. The van der Waals surface area contributed by atoms with Gasteiger partial charge in [0.1, 0.15) is 42.7 Å². The summed E-state index contributed by atoms with van der Waals surface area (Å²) in [5.74, 6) is -0.532. The van der Waals surface area contributed by atoms with E-state index in [1.807, 2.05) is 0 Å². The van der Waals surface area contributed by atoms with E-state index in [2.05, 4.69) is 5.32 Å². The first-order valence-corrected chi connectivity index (χ1v) is 7.47. The van der Waals surface area contributed by atoms with Crippen LogP contribution in [0.4, 0.5) is 0 Å². The molecule has 0 saturated carbocycles. The standard InChI is InChI=1S/C13H23NO10/c1-4(16)14-7-9(19)11(6(2-15)23-12(7)21)24-13-10(20)8(18)5(17)3-22-13/h5-13,15,17-21H,2-3H2,1H3,(H,14,16)/t5-,6+,7+,8-,9+,10+,11+,12+,13-/m0/s1. The second kappa shape index (κ2) is 7.99. The van der Waals surface area contributed by atoms with Gasteiger partial charge in [0, 0.05) is 6.92 Å². The van der Waals surface area contributed by atoms with E-state index in [1.54, 1.807) is 0 Å². The van der Waals surface area contributed by atoms with E-state index in [4.69, 9.17) is 14.2 Å². The number of amides is 1. The number of carbonyl (C=O) groups is 1. The maximum absolute atomic E-state index is 11.2. The molecule has 2 saturated heterocycles. The van der Waals surface area contributed by atoms with Gasteiger partial charge >= 0.3 is 0 Å². The molecule has 0 aromatic rings. The summed E-state index contributed by atoms with van der Waals surface area (Å²) in [4.78, 5) is 11.2. The first-order valence-electron chi connectivity index (χ1n) is 7.47. The third kappa shape index (κ3) is 4.02. The smallest absolute Gasteiger partial charge is 0.217 e. The summed E-state index contributed by atoms with van der Waals surface area (Å²) < 4.78 is 15.6.